The maximum Gasteiger partial charge on any atom is 0.134 e. The van der Waals surface area contributed by atoms with Crippen LogP contribution in [-0.4, -0.2) is 11.4 Å². The molecule has 1 aliphatic rings. The normalized spacial score (nSPS) is 12.5. The summed E-state index contributed by atoms with van der Waals surface area (Å²) in [5.74, 6) is -2.85. The van der Waals surface area contributed by atoms with Crippen LogP contribution in [0.25, 0.3) is 5.70 Å². The first-order chi connectivity index (χ1) is 11.5. The molecular weight excluding hydrogens is 317 g/mol. The van der Waals surface area contributed by atoms with Gasteiger partial charge in [-0.25, -0.2) is 18.2 Å². The number of aromatic hydroxyl groups is 1. The number of hydrogen-bond acceptors (Lipinski definition) is 3. The summed E-state index contributed by atoms with van der Waals surface area (Å²) in [6.07, 6.45) is 1.39. The highest BCUT2D eigenvalue weighted by atomic mass is 19.1. The molecule has 0 radical (unpaired) electrons. The van der Waals surface area contributed by atoms with E-state index >= 15 is 0 Å². The first kappa shape index (κ1) is 17.6. The molecule has 1 N–H and O–H groups in total. The number of aliphatic imine (C=N–C) groups is 1. The van der Waals surface area contributed by atoms with Gasteiger partial charge in [0, 0.05) is 23.3 Å². The molecule has 1 heterocycles. The number of phenols is 1. The molecule has 3 nitrogen and oxygen atoms in total. The molecule has 0 amide bonds. The van der Waals surface area contributed by atoms with Crippen molar-refractivity contribution in [1.29, 1.82) is 0 Å². The van der Waals surface area contributed by atoms with Gasteiger partial charge in [-0.05, 0) is 18.2 Å². The fourth-order valence-electron chi connectivity index (χ4n) is 2.30. The van der Waals surface area contributed by atoms with Crippen molar-refractivity contribution in [3.05, 3.63) is 65.5 Å². The molecule has 24 heavy (non-hydrogen) atoms. The molecule has 2 aromatic rings. The molecule has 0 aromatic heterocycles. The minimum atomic E-state index is -0.968. The average molecular weight is 334 g/mol. The lowest BCUT2D eigenvalue weighted by Crippen LogP contribution is -2.25. The highest BCUT2D eigenvalue weighted by Gasteiger charge is 2.20. The zero-order valence-corrected chi connectivity index (χ0v) is 13.4. The van der Waals surface area contributed by atoms with Crippen molar-refractivity contribution in [1.82, 2.24) is 0 Å². The standard InChI is InChI=1S/C16H11F3N2O.C2H6/c1-9-12-6-11(22)2-3-16(12)21(8-20-9)7-13-14(18)4-10(17)5-15(13)19;1-2/h2-6,8,22H,1,7H2;1-2H3. The minimum Gasteiger partial charge on any atom is -0.508 e. The van der Waals surface area contributed by atoms with E-state index in [1.165, 1.54) is 23.4 Å². The Balaban J connectivity index is 0.00000100. The van der Waals surface area contributed by atoms with Crippen molar-refractivity contribution in [2.75, 3.05) is 4.90 Å². The van der Waals surface area contributed by atoms with Crippen LogP contribution >= 0.6 is 0 Å². The Kier molecular flexibility index (Phi) is 5.28. The van der Waals surface area contributed by atoms with Gasteiger partial charge in [-0.1, -0.05) is 20.4 Å². The molecule has 2 aromatic carbocycles. The summed E-state index contributed by atoms with van der Waals surface area (Å²) in [4.78, 5) is 5.55. The van der Waals surface area contributed by atoms with Crippen LogP contribution in [0.15, 0.2) is 41.9 Å². The molecule has 1 aliphatic heterocycles. The predicted molar refractivity (Wildman–Crippen MR) is 89.5 cm³/mol. The second-order valence-corrected chi connectivity index (χ2v) is 4.87. The van der Waals surface area contributed by atoms with Crippen LogP contribution in [0.1, 0.15) is 25.0 Å². The van der Waals surface area contributed by atoms with E-state index in [4.69, 9.17) is 0 Å². The van der Waals surface area contributed by atoms with E-state index in [-0.39, 0.29) is 17.9 Å². The third-order valence-electron chi connectivity index (χ3n) is 3.39. The molecule has 6 heteroatoms. The molecule has 0 saturated carbocycles. The maximum atomic E-state index is 13.8. The molecule has 0 saturated heterocycles. The number of rotatable bonds is 2. The number of anilines is 1. The Morgan fingerprint density at radius 3 is 2.33 bits per heavy atom. The molecule has 0 fully saturated rings. The van der Waals surface area contributed by atoms with Crippen LogP contribution in [0.4, 0.5) is 18.9 Å². The van der Waals surface area contributed by atoms with Gasteiger partial charge < -0.3 is 10.0 Å². The third kappa shape index (κ3) is 3.42. The second kappa shape index (κ2) is 7.21. The quantitative estimate of drug-likeness (QED) is 0.852. The fourth-order valence-corrected chi connectivity index (χ4v) is 2.30. The molecule has 0 bridgehead atoms. The van der Waals surface area contributed by atoms with Crippen molar-refractivity contribution in [3.63, 3.8) is 0 Å². The van der Waals surface area contributed by atoms with Gasteiger partial charge in [-0.3, -0.25) is 0 Å². The van der Waals surface area contributed by atoms with Crippen LogP contribution in [0.2, 0.25) is 0 Å². The Morgan fingerprint density at radius 2 is 1.71 bits per heavy atom. The van der Waals surface area contributed by atoms with Gasteiger partial charge in [0.2, 0.25) is 0 Å². The van der Waals surface area contributed by atoms with Crippen LogP contribution in [0, 0.1) is 17.5 Å². The van der Waals surface area contributed by atoms with E-state index in [1.807, 2.05) is 13.8 Å². The summed E-state index contributed by atoms with van der Waals surface area (Å²) < 4.78 is 40.5. The largest absolute Gasteiger partial charge is 0.508 e. The molecule has 0 atom stereocenters. The summed E-state index contributed by atoms with van der Waals surface area (Å²) in [5.41, 5.74) is 1.33. The minimum absolute atomic E-state index is 0.0380. The highest BCUT2D eigenvalue weighted by molar-refractivity contribution is 5.94. The summed E-state index contributed by atoms with van der Waals surface area (Å²) in [6, 6.07) is 5.79. The fraction of sp³-hybridized carbons (Fsp3) is 0.167. The van der Waals surface area contributed by atoms with E-state index < -0.39 is 17.5 Å². The van der Waals surface area contributed by atoms with Crippen LogP contribution < -0.4 is 4.90 Å². The molecule has 3 rings (SSSR count). The van der Waals surface area contributed by atoms with Gasteiger partial charge in [0.1, 0.15) is 23.2 Å². The summed E-state index contributed by atoms with van der Waals surface area (Å²) in [6.45, 7) is 7.59. The van der Waals surface area contributed by atoms with Gasteiger partial charge in [0.15, 0.2) is 0 Å². The zero-order chi connectivity index (χ0) is 17.9. The predicted octanol–water partition coefficient (Wildman–Crippen LogP) is 4.85. The van der Waals surface area contributed by atoms with Crippen molar-refractivity contribution < 1.29 is 18.3 Å². The zero-order valence-electron chi connectivity index (χ0n) is 13.4. The van der Waals surface area contributed by atoms with Crippen molar-refractivity contribution in [2.45, 2.75) is 20.4 Å². The highest BCUT2D eigenvalue weighted by Crippen LogP contribution is 2.34. The number of nitrogens with zero attached hydrogens (tertiary/aromatic N) is 2. The monoisotopic (exact) mass is 334 g/mol. The first-order valence-electron chi connectivity index (χ1n) is 7.42. The smallest absolute Gasteiger partial charge is 0.134 e. The van der Waals surface area contributed by atoms with Gasteiger partial charge >= 0.3 is 0 Å². The Morgan fingerprint density at radius 1 is 1.08 bits per heavy atom. The molecule has 0 unspecified atom stereocenters. The molecule has 126 valence electrons. The number of benzene rings is 2. The Hall–Kier alpha value is -2.76. The number of phenolic OH excluding ortho intramolecular Hbond substituents is 1. The Labute approximate surface area is 138 Å². The van der Waals surface area contributed by atoms with E-state index in [2.05, 4.69) is 11.6 Å². The molecule has 0 spiro atoms. The van der Waals surface area contributed by atoms with Gasteiger partial charge in [-0.15, -0.1) is 0 Å². The van der Waals surface area contributed by atoms with Crippen LogP contribution in [0.5, 0.6) is 5.75 Å². The first-order valence-corrected chi connectivity index (χ1v) is 7.42. The number of halogens is 3. The third-order valence-corrected chi connectivity index (χ3v) is 3.39. The topological polar surface area (TPSA) is 35.8 Å². The summed E-state index contributed by atoms with van der Waals surface area (Å²) in [7, 11) is 0. The van der Waals surface area contributed by atoms with Crippen LogP contribution in [0.3, 0.4) is 0 Å². The number of hydrogen-bond donors (Lipinski definition) is 1. The van der Waals surface area contributed by atoms with Gasteiger partial charge in [0.25, 0.3) is 0 Å². The van der Waals surface area contributed by atoms with E-state index in [0.29, 0.717) is 29.1 Å². The van der Waals surface area contributed by atoms with E-state index in [0.717, 1.165) is 0 Å². The van der Waals surface area contributed by atoms with E-state index in [9.17, 15) is 18.3 Å². The lowest BCUT2D eigenvalue weighted by molar-refractivity contribution is 0.475. The second-order valence-electron chi connectivity index (χ2n) is 4.87. The summed E-state index contributed by atoms with van der Waals surface area (Å²) in [5, 5.41) is 9.53. The SMILES string of the molecule is C=C1N=CN(Cc2c(F)cc(F)cc2F)c2ccc(O)cc21.CC. The van der Waals surface area contributed by atoms with Crippen molar-refractivity contribution >= 4 is 17.7 Å². The molecule has 0 aliphatic carbocycles. The average Bonchev–Trinajstić information content (AvgIpc) is 2.55. The van der Waals surface area contributed by atoms with Crippen molar-refractivity contribution in [2.24, 2.45) is 4.99 Å². The maximum absolute atomic E-state index is 13.8. The van der Waals surface area contributed by atoms with E-state index in [1.54, 1.807) is 6.07 Å². The van der Waals surface area contributed by atoms with Crippen molar-refractivity contribution in [3.8, 4) is 5.75 Å². The lowest BCUT2D eigenvalue weighted by Gasteiger charge is -2.26. The van der Waals surface area contributed by atoms with Gasteiger partial charge in [0.05, 0.1) is 24.3 Å². The summed E-state index contributed by atoms with van der Waals surface area (Å²) >= 11 is 0. The lowest BCUT2D eigenvalue weighted by atomic mass is 10.1. The van der Waals surface area contributed by atoms with Crippen LogP contribution in [-0.2, 0) is 6.54 Å². The molecular formula is C18H17F3N2O. The number of fused-ring (bicyclic) bond motifs is 1. The van der Waals surface area contributed by atoms with Gasteiger partial charge in [-0.2, -0.15) is 0 Å². The Bertz CT molecular complexity index is 780.